The summed E-state index contributed by atoms with van der Waals surface area (Å²) in [5, 5.41) is 6.79. The van der Waals surface area contributed by atoms with Crippen LogP contribution < -0.4 is 10.6 Å². The van der Waals surface area contributed by atoms with E-state index in [2.05, 4.69) is 44.9 Å². The molecule has 2 N–H and O–H groups in total. The van der Waals surface area contributed by atoms with E-state index in [-0.39, 0.29) is 0 Å². The van der Waals surface area contributed by atoms with Crippen molar-refractivity contribution in [1.29, 1.82) is 0 Å². The van der Waals surface area contributed by atoms with Crippen LogP contribution in [0.3, 0.4) is 0 Å². The Hall–Kier alpha value is -2.10. The molecular weight excluding hydrogens is 248 g/mol. The highest BCUT2D eigenvalue weighted by Gasteiger charge is 2.21. The van der Waals surface area contributed by atoms with E-state index in [1.165, 1.54) is 18.4 Å². The Kier molecular flexibility index (Phi) is 3.81. The van der Waals surface area contributed by atoms with Gasteiger partial charge < -0.3 is 10.6 Å². The minimum atomic E-state index is 0.612. The third-order valence-electron chi connectivity index (χ3n) is 3.33. The van der Waals surface area contributed by atoms with Crippen LogP contribution in [-0.4, -0.2) is 22.6 Å². The van der Waals surface area contributed by atoms with Crippen molar-refractivity contribution >= 4 is 11.6 Å². The normalized spacial score (nSPS) is 14.1. The van der Waals surface area contributed by atoms with Crippen LogP contribution in [0.4, 0.5) is 11.6 Å². The van der Waals surface area contributed by atoms with Crippen LogP contribution in [-0.2, 0) is 6.42 Å². The fourth-order valence-electron chi connectivity index (χ4n) is 2.15. The first-order valence-electron chi connectivity index (χ1n) is 7.19. The lowest BCUT2D eigenvalue weighted by Gasteiger charge is -2.09. The van der Waals surface area contributed by atoms with Gasteiger partial charge in [0, 0.05) is 18.7 Å². The number of benzene rings is 1. The number of nitrogens with zero attached hydrogens (tertiary/aromatic N) is 2. The monoisotopic (exact) mass is 268 g/mol. The van der Waals surface area contributed by atoms with Crippen molar-refractivity contribution in [3.8, 4) is 0 Å². The first-order valence-corrected chi connectivity index (χ1v) is 7.19. The first kappa shape index (κ1) is 12.9. The van der Waals surface area contributed by atoms with Crippen LogP contribution in [0.15, 0.2) is 36.4 Å². The molecule has 104 valence electrons. The Morgan fingerprint density at radius 2 is 1.85 bits per heavy atom. The maximum Gasteiger partial charge on any atom is 0.132 e. The molecule has 0 aliphatic heterocycles. The third-order valence-corrected chi connectivity index (χ3v) is 3.33. The molecule has 4 heteroatoms. The van der Waals surface area contributed by atoms with E-state index >= 15 is 0 Å². The minimum Gasteiger partial charge on any atom is -0.370 e. The van der Waals surface area contributed by atoms with Crippen LogP contribution in [0.25, 0.3) is 0 Å². The van der Waals surface area contributed by atoms with Gasteiger partial charge >= 0.3 is 0 Å². The van der Waals surface area contributed by atoms with Gasteiger partial charge in [-0.3, -0.25) is 0 Å². The second-order valence-corrected chi connectivity index (χ2v) is 5.27. The van der Waals surface area contributed by atoms with Crippen molar-refractivity contribution in [2.45, 2.75) is 32.2 Å². The number of hydrogen-bond acceptors (Lipinski definition) is 4. The summed E-state index contributed by atoms with van der Waals surface area (Å²) in [4.78, 5) is 8.85. The number of aryl methyl sites for hydroxylation is 1. The molecule has 0 atom stereocenters. The Morgan fingerprint density at radius 3 is 2.60 bits per heavy atom. The Morgan fingerprint density at radius 1 is 1.10 bits per heavy atom. The fourth-order valence-corrected chi connectivity index (χ4v) is 2.15. The molecule has 0 radical (unpaired) electrons. The first-order chi connectivity index (χ1) is 9.79. The zero-order chi connectivity index (χ0) is 13.8. The highest BCUT2D eigenvalue weighted by Crippen LogP contribution is 2.24. The van der Waals surface area contributed by atoms with Gasteiger partial charge in [-0.1, -0.05) is 30.3 Å². The summed E-state index contributed by atoms with van der Waals surface area (Å²) in [5.41, 5.74) is 1.34. The number of rotatable bonds is 6. The van der Waals surface area contributed by atoms with E-state index in [0.717, 1.165) is 30.4 Å². The SMILES string of the molecule is Cc1nc(NCCc2ccccc2)cc(NC2CC2)n1. The molecule has 0 amide bonds. The average Bonchev–Trinajstić information content (AvgIpc) is 3.23. The molecule has 2 aromatic rings. The van der Waals surface area contributed by atoms with Gasteiger partial charge in [0.05, 0.1) is 0 Å². The zero-order valence-corrected chi connectivity index (χ0v) is 11.8. The van der Waals surface area contributed by atoms with Gasteiger partial charge in [0.1, 0.15) is 17.5 Å². The van der Waals surface area contributed by atoms with E-state index in [9.17, 15) is 0 Å². The number of aromatic nitrogens is 2. The molecule has 0 spiro atoms. The molecule has 1 aliphatic rings. The van der Waals surface area contributed by atoms with Gasteiger partial charge in [0.2, 0.25) is 0 Å². The second-order valence-electron chi connectivity index (χ2n) is 5.27. The molecule has 1 aliphatic carbocycles. The largest absolute Gasteiger partial charge is 0.370 e. The summed E-state index contributed by atoms with van der Waals surface area (Å²) < 4.78 is 0. The van der Waals surface area contributed by atoms with Gasteiger partial charge in [0.25, 0.3) is 0 Å². The molecule has 1 fully saturated rings. The Labute approximate surface area is 119 Å². The van der Waals surface area contributed by atoms with Crippen molar-refractivity contribution in [2.75, 3.05) is 17.2 Å². The van der Waals surface area contributed by atoms with Crippen molar-refractivity contribution < 1.29 is 0 Å². The highest BCUT2D eigenvalue weighted by atomic mass is 15.1. The van der Waals surface area contributed by atoms with Gasteiger partial charge in [-0.25, -0.2) is 9.97 Å². The van der Waals surface area contributed by atoms with Gasteiger partial charge in [-0.05, 0) is 31.7 Å². The fraction of sp³-hybridized carbons (Fsp3) is 0.375. The summed E-state index contributed by atoms with van der Waals surface area (Å²) >= 11 is 0. The third kappa shape index (κ3) is 3.70. The van der Waals surface area contributed by atoms with E-state index < -0.39 is 0 Å². The second kappa shape index (κ2) is 5.90. The van der Waals surface area contributed by atoms with E-state index in [1.807, 2.05) is 19.1 Å². The van der Waals surface area contributed by atoms with Crippen molar-refractivity contribution in [3.63, 3.8) is 0 Å². The van der Waals surface area contributed by atoms with Gasteiger partial charge in [0.15, 0.2) is 0 Å². The van der Waals surface area contributed by atoms with Crippen molar-refractivity contribution in [1.82, 2.24) is 9.97 Å². The van der Waals surface area contributed by atoms with Crippen molar-refractivity contribution in [3.05, 3.63) is 47.8 Å². The molecule has 1 heterocycles. The highest BCUT2D eigenvalue weighted by molar-refractivity contribution is 5.48. The standard InChI is InChI=1S/C16H20N4/c1-12-18-15(11-16(19-12)20-14-7-8-14)17-10-9-13-5-3-2-4-6-13/h2-6,11,14H,7-10H2,1H3,(H2,17,18,19,20). The average molecular weight is 268 g/mol. The predicted molar refractivity (Wildman–Crippen MR) is 82.0 cm³/mol. The number of anilines is 2. The van der Waals surface area contributed by atoms with E-state index in [4.69, 9.17) is 0 Å². The molecule has 0 bridgehead atoms. The van der Waals surface area contributed by atoms with Gasteiger partial charge in [-0.2, -0.15) is 0 Å². The molecular formula is C16H20N4. The maximum absolute atomic E-state index is 4.43. The molecule has 3 rings (SSSR count). The maximum atomic E-state index is 4.43. The van der Waals surface area contributed by atoms with Crippen LogP contribution in [0.5, 0.6) is 0 Å². The van der Waals surface area contributed by atoms with Crippen LogP contribution in [0.1, 0.15) is 24.2 Å². The smallest absolute Gasteiger partial charge is 0.132 e. The zero-order valence-electron chi connectivity index (χ0n) is 11.8. The summed E-state index contributed by atoms with van der Waals surface area (Å²) in [6, 6.07) is 13.1. The summed E-state index contributed by atoms with van der Waals surface area (Å²) in [7, 11) is 0. The molecule has 1 aromatic heterocycles. The Balaban J connectivity index is 1.57. The molecule has 1 saturated carbocycles. The molecule has 0 unspecified atom stereocenters. The van der Waals surface area contributed by atoms with Crippen LogP contribution in [0, 0.1) is 6.92 Å². The Bertz CT molecular complexity index is 564. The van der Waals surface area contributed by atoms with E-state index in [0.29, 0.717) is 6.04 Å². The van der Waals surface area contributed by atoms with Crippen LogP contribution >= 0.6 is 0 Å². The van der Waals surface area contributed by atoms with Crippen molar-refractivity contribution in [2.24, 2.45) is 0 Å². The number of hydrogen-bond donors (Lipinski definition) is 2. The lowest BCUT2D eigenvalue weighted by atomic mass is 10.1. The van der Waals surface area contributed by atoms with E-state index in [1.54, 1.807) is 0 Å². The topological polar surface area (TPSA) is 49.8 Å². The molecule has 0 saturated heterocycles. The van der Waals surface area contributed by atoms with Crippen LogP contribution in [0.2, 0.25) is 0 Å². The molecule has 20 heavy (non-hydrogen) atoms. The van der Waals surface area contributed by atoms with Gasteiger partial charge in [-0.15, -0.1) is 0 Å². The lowest BCUT2D eigenvalue weighted by molar-refractivity contribution is 0.975. The predicted octanol–water partition coefficient (Wildman–Crippen LogP) is 3.01. The summed E-state index contributed by atoms with van der Waals surface area (Å²) in [6.07, 6.45) is 3.49. The minimum absolute atomic E-state index is 0.612. The lowest BCUT2D eigenvalue weighted by Crippen LogP contribution is -2.10. The number of nitrogens with one attached hydrogen (secondary N) is 2. The quantitative estimate of drug-likeness (QED) is 0.845. The summed E-state index contributed by atoms with van der Waals surface area (Å²) in [6.45, 7) is 2.81. The molecule has 1 aromatic carbocycles. The molecule has 4 nitrogen and oxygen atoms in total. The summed E-state index contributed by atoms with van der Waals surface area (Å²) in [5.74, 6) is 2.64.